The molecule has 45 heavy (non-hydrogen) atoms. The van der Waals surface area contributed by atoms with E-state index >= 15 is 0 Å². The second-order valence-corrected chi connectivity index (χ2v) is 11.9. The predicted molar refractivity (Wildman–Crippen MR) is 169 cm³/mol. The molecule has 2 aliphatic rings. The first kappa shape index (κ1) is 30.8. The number of pyridine rings is 1. The average Bonchev–Trinajstić information content (AvgIpc) is 3.03. The highest BCUT2D eigenvalue weighted by Gasteiger charge is 2.29. The molecule has 1 unspecified atom stereocenters. The SMILES string of the molecule is CN1CCC(c2ccc(Nc3ncc4cc(C#CC5CCCCO5)c(=O)n(Cc5ccccc5CC(F)(F)F)c4n3)cc2)CC1. The number of hydrogen-bond donors (Lipinski definition) is 1. The van der Waals surface area contributed by atoms with E-state index in [4.69, 9.17) is 4.74 Å². The Morgan fingerprint density at radius 3 is 2.49 bits per heavy atom. The summed E-state index contributed by atoms with van der Waals surface area (Å²) in [6.45, 7) is 2.69. The molecule has 2 aromatic heterocycles. The Hall–Kier alpha value is -4.20. The molecule has 4 heterocycles. The van der Waals surface area contributed by atoms with Gasteiger partial charge in [-0.2, -0.15) is 18.2 Å². The van der Waals surface area contributed by atoms with Gasteiger partial charge in [0, 0.05) is 23.9 Å². The van der Waals surface area contributed by atoms with Crippen molar-refractivity contribution in [3.63, 3.8) is 0 Å². The molecular weight excluding hydrogens is 579 g/mol. The summed E-state index contributed by atoms with van der Waals surface area (Å²) in [6, 6.07) is 16.2. The van der Waals surface area contributed by atoms with Crippen molar-refractivity contribution >= 4 is 22.7 Å². The molecule has 2 saturated heterocycles. The van der Waals surface area contributed by atoms with Crippen LogP contribution in [0.15, 0.2) is 65.6 Å². The highest BCUT2D eigenvalue weighted by molar-refractivity contribution is 5.77. The van der Waals surface area contributed by atoms with Crippen molar-refractivity contribution in [2.45, 2.75) is 63.3 Å². The lowest BCUT2D eigenvalue weighted by Gasteiger charge is -2.29. The van der Waals surface area contributed by atoms with Crippen LogP contribution >= 0.6 is 0 Å². The van der Waals surface area contributed by atoms with Gasteiger partial charge >= 0.3 is 6.18 Å². The molecule has 0 amide bonds. The van der Waals surface area contributed by atoms with Gasteiger partial charge in [0.05, 0.1) is 18.5 Å². The molecule has 4 aromatic rings. The third kappa shape index (κ3) is 7.72. The standard InChI is InChI=1S/C35H36F3N5O2/c1-42-17-15-25(16-18-42)24-9-12-30(13-10-24)40-34-39-22-29-20-26(11-14-31-8-4-5-19-45-31)33(44)43(32(29)41-34)23-28-7-3-2-6-27(28)21-35(36,37)38/h2-3,6-7,9-10,12-13,20,22,25,31H,4-5,8,15-19,21,23H2,1H3,(H,39,40,41). The first-order chi connectivity index (χ1) is 21.7. The van der Waals surface area contributed by atoms with Crippen LogP contribution in [-0.2, 0) is 17.7 Å². The van der Waals surface area contributed by atoms with Crippen LogP contribution < -0.4 is 10.9 Å². The highest BCUT2D eigenvalue weighted by atomic mass is 19.4. The molecule has 0 aliphatic carbocycles. The number of nitrogens with one attached hydrogen (secondary N) is 1. The first-order valence-corrected chi connectivity index (χ1v) is 15.4. The van der Waals surface area contributed by atoms with E-state index in [9.17, 15) is 18.0 Å². The minimum Gasteiger partial charge on any atom is -0.366 e. The molecule has 7 nitrogen and oxygen atoms in total. The van der Waals surface area contributed by atoms with Gasteiger partial charge in [-0.25, -0.2) is 4.98 Å². The number of hydrogen-bond acceptors (Lipinski definition) is 6. The lowest BCUT2D eigenvalue weighted by molar-refractivity contribution is -0.127. The molecule has 2 aromatic carbocycles. The monoisotopic (exact) mass is 615 g/mol. The number of rotatable bonds is 6. The number of alkyl halides is 3. The largest absolute Gasteiger partial charge is 0.393 e. The van der Waals surface area contributed by atoms with Gasteiger partial charge in [0.2, 0.25) is 5.95 Å². The van der Waals surface area contributed by atoms with Gasteiger partial charge in [-0.1, -0.05) is 48.2 Å². The van der Waals surface area contributed by atoms with Gasteiger partial charge in [0.15, 0.2) is 0 Å². The van der Waals surface area contributed by atoms with Crippen LogP contribution in [-0.4, -0.2) is 58.5 Å². The van der Waals surface area contributed by atoms with Crippen molar-refractivity contribution in [1.82, 2.24) is 19.4 Å². The third-order valence-corrected chi connectivity index (χ3v) is 8.57. The molecule has 1 atom stereocenters. The molecule has 0 saturated carbocycles. The van der Waals surface area contributed by atoms with E-state index < -0.39 is 18.2 Å². The van der Waals surface area contributed by atoms with Gasteiger partial charge in [0.25, 0.3) is 5.56 Å². The normalized spacial score (nSPS) is 18.0. The first-order valence-electron chi connectivity index (χ1n) is 15.4. The number of nitrogens with zero attached hydrogens (tertiary/aromatic N) is 4. The van der Waals surface area contributed by atoms with Crippen molar-refractivity contribution in [1.29, 1.82) is 0 Å². The third-order valence-electron chi connectivity index (χ3n) is 8.57. The summed E-state index contributed by atoms with van der Waals surface area (Å²) in [5.41, 5.74) is 2.68. The summed E-state index contributed by atoms with van der Waals surface area (Å²) < 4.78 is 47.3. The second kappa shape index (κ2) is 13.4. The van der Waals surface area contributed by atoms with Crippen LogP contribution in [0.2, 0.25) is 0 Å². The van der Waals surface area contributed by atoms with Gasteiger partial charge in [-0.15, -0.1) is 0 Å². The van der Waals surface area contributed by atoms with E-state index in [0.29, 0.717) is 29.1 Å². The zero-order valence-electron chi connectivity index (χ0n) is 25.2. The number of ether oxygens (including phenoxy) is 1. The maximum absolute atomic E-state index is 13.8. The smallest absolute Gasteiger partial charge is 0.366 e. The topological polar surface area (TPSA) is 72.3 Å². The summed E-state index contributed by atoms with van der Waals surface area (Å²) in [5, 5.41) is 3.79. The summed E-state index contributed by atoms with van der Waals surface area (Å²) in [6.07, 6.45) is 0.886. The summed E-state index contributed by atoms with van der Waals surface area (Å²) in [7, 11) is 2.15. The molecule has 1 N–H and O–H groups in total. The van der Waals surface area contributed by atoms with Gasteiger partial charge < -0.3 is 15.0 Å². The Kier molecular flexibility index (Phi) is 9.19. The summed E-state index contributed by atoms with van der Waals surface area (Å²) in [4.78, 5) is 25.4. The minimum absolute atomic E-state index is 0.0984. The number of piperidine rings is 1. The fourth-order valence-electron chi connectivity index (χ4n) is 6.05. The van der Waals surface area contributed by atoms with Crippen molar-refractivity contribution in [3.8, 4) is 11.8 Å². The Morgan fingerprint density at radius 1 is 1.02 bits per heavy atom. The van der Waals surface area contributed by atoms with Gasteiger partial charge in [-0.05, 0) is 93.0 Å². The number of benzene rings is 2. The lowest BCUT2D eigenvalue weighted by Crippen LogP contribution is -2.29. The molecule has 0 radical (unpaired) electrons. The minimum atomic E-state index is -4.39. The molecule has 0 bridgehead atoms. The van der Waals surface area contributed by atoms with Crippen LogP contribution in [0.4, 0.5) is 24.8 Å². The lowest BCUT2D eigenvalue weighted by atomic mass is 9.89. The van der Waals surface area contributed by atoms with E-state index in [1.165, 1.54) is 16.2 Å². The Balaban J connectivity index is 1.34. The molecule has 0 spiro atoms. The number of fused-ring (bicyclic) bond motifs is 1. The maximum atomic E-state index is 13.8. The Bertz CT molecular complexity index is 1760. The summed E-state index contributed by atoms with van der Waals surface area (Å²) >= 11 is 0. The zero-order valence-corrected chi connectivity index (χ0v) is 25.2. The van der Waals surface area contributed by atoms with Crippen molar-refractivity contribution in [2.24, 2.45) is 0 Å². The number of likely N-dealkylation sites (tertiary alicyclic amines) is 1. The van der Waals surface area contributed by atoms with E-state index in [0.717, 1.165) is 50.9 Å². The predicted octanol–water partition coefficient (Wildman–Crippen LogP) is 6.42. The fraction of sp³-hybridized carbons (Fsp3) is 0.400. The molecule has 2 aliphatic heterocycles. The maximum Gasteiger partial charge on any atom is 0.393 e. The molecular formula is C35H36F3N5O2. The van der Waals surface area contributed by atoms with Crippen LogP contribution in [0.1, 0.15) is 60.3 Å². The van der Waals surface area contributed by atoms with Crippen molar-refractivity contribution in [2.75, 3.05) is 32.1 Å². The zero-order chi connectivity index (χ0) is 31.4. The van der Waals surface area contributed by atoms with Crippen LogP contribution in [0, 0.1) is 11.8 Å². The van der Waals surface area contributed by atoms with E-state index in [2.05, 4.69) is 51.2 Å². The van der Waals surface area contributed by atoms with E-state index in [1.54, 1.807) is 30.5 Å². The fourth-order valence-corrected chi connectivity index (χ4v) is 6.05. The number of anilines is 2. The van der Waals surface area contributed by atoms with E-state index in [1.807, 2.05) is 12.1 Å². The van der Waals surface area contributed by atoms with Gasteiger partial charge in [0.1, 0.15) is 11.8 Å². The highest BCUT2D eigenvalue weighted by Crippen LogP contribution is 2.29. The van der Waals surface area contributed by atoms with E-state index in [-0.39, 0.29) is 29.7 Å². The average molecular weight is 616 g/mol. The van der Waals surface area contributed by atoms with Crippen molar-refractivity contribution < 1.29 is 17.9 Å². The molecule has 234 valence electrons. The number of halogens is 3. The number of aromatic nitrogens is 3. The van der Waals surface area contributed by atoms with Crippen LogP contribution in [0.5, 0.6) is 0 Å². The van der Waals surface area contributed by atoms with Gasteiger partial charge in [-0.3, -0.25) is 9.36 Å². The summed E-state index contributed by atoms with van der Waals surface area (Å²) in [5.74, 6) is 6.85. The Morgan fingerprint density at radius 2 is 1.78 bits per heavy atom. The van der Waals surface area contributed by atoms with Crippen LogP contribution in [0.3, 0.4) is 0 Å². The quantitative estimate of drug-likeness (QED) is 0.253. The van der Waals surface area contributed by atoms with Crippen LogP contribution in [0.25, 0.3) is 11.0 Å². The second-order valence-electron chi connectivity index (χ2n) is 11.9. The Labute approximate surface area is 260 Å². The molecule has 2 fully saturated rings. The van der Waals surface area contributed by atoms with Crippen molar-refractivity contribution in [3.05, 3.63) is 93.4 Å². The molecule has 6 rings (SSSR count). The molecule has 10 heteroatoms.